The first-order chi connectivity index (χ1) is 8.22. The second-order valence-electron chi connectivity index (χ2n) is 4.11. The third-order valence-electron chi connectivity index (χ3n) is 3.01. The molecule has 17 heavy (non-hydrogen) atoms. The number of phenolic OH excluding ortho intramolecular Hbond substituents is 1. The van der Waals surface area contributed by atoms with Crippen molar-refractivity contribution in [1.82, 2.24) is 0 Å². The van der Waals surface area contributed by atoms with Crippen molar-refractivity contribution >= 4 is 12.6 Å². The predicted molar refractivity (Wildman–Crippen MR) is 75.8 cm³/mol. The van der Waals surface area contributed by atoms with E-state index in [4.69, 9.17) is 0 Å². The lowest BCUT2D eigenvalue weighted by Crippen LogP contribution is -1.93. The molecule has 1 nitrogen and oxygen atoms in total. The summed E-state index contributed by atoms with van der Waals surface area (Å²) in [5.74, 6) is 1.16. The molecule has 0 radical (unpaired) electrons. The van der Waals surface area contributed by atoms with Gasteiger partial charge in [-0.1, -0.05) is 30.3 Å². The molecule has 2 aromatic rings. The van der Waals surface area contributed by atoms with Crippen molar-refractivity contribution in [3.63, 3.8) is 0 Å². The van der Waals surface area contributed by atoms with Crippen LogP contribution in [0.2, 0.25) is 0 Å². The Bertz CT molecular complexity index is 503. The van der Waals surface area contributed by atoms with Crippen molar-refractivity contribution in [2.75, 3.05) is 5.75 Å². The Hall–Kier alpha value is -1.41. The number of phenols is 1. The second-order valence-corrected chi connectivity index (χ2v) is 4.56. The Labute approximate surface area is 108 Å². The number of rotatable bonds is 3. The molecule has 0 aromatic heterocycles. The summed E-state index contributed by atoms with van der Waals surface area (Å²) in [5.41, 5.74) is 5.00. The lowest BCUT2D eigenvalue weighted by atomic mass is 9.95. The molecule has 0 fully saturated rings. The summed E-state index contributed by atoms with van der Waals surface area (Å²) in [7, 11) is 0. The summed E-state index contributed by atoms with van der Waals surface area (Å²) in [6.07, 6.45) is 0.987. The highest BCUT2D eigenvalue weighted by Crippen LogP contribution is 2.27. The third-order valence-corrected chi connectivity index (χ3v) is 3.23. The molecule has 0 aliphatic rings. The first-order valence-corrected chi connectivity index (χ1v) is 6.34. The third kappa shape index (κ3) is 2.64. The number of thiol groups is 1. The molecule has 2 rings (SSSR count). The Morgan fingerprint density at radius 1 is 1.06 bits per heavy atom. The lowest BCUT2D eigenvalue weighted by molar-refractivity contribution is 0.475. The molecule has 0 atom stereocenters. The van der Waals surface area contributed by atoms with E-state index < -0.39 is 0 Å². The molecule has 0 aliphatic heterocycles. The minimum absolute atomic E-state index is 0.304. The molecule has 0 aliphatic carbocycles. The standard InChI is InChI=1S/C15H16OS/c1-11-12(9-10-17)3-2-4-15(11)13-5-7-14(16)8-6-13/h2-8,16-17H,9-10H2,1H3. The topological polar surface area (TPSA) is 20.2 Å². The number of aromatic hydroxyl groups is 1. The van der Waals surface area contributed by atoms with Gasteiger partial charge in [0.2, 0.25) is 0 Å². The van der Waals surface area contributed by atoms with E-state index >= 15 is 0 Å². The van der Waals surface area contributed by atoms with Gasteiger partial charge >= 0.3 is 0 Å². The lowest BCUT2D eigenvalue weighted by Gasteiger charge is -2.11. The molecule has 0 amide bonds. The van der Waals surface area contributed by atoms with E-state index in [0.29, 0.717) is 5.75 Å². The Balaban J connectivity index is 2.45. The van der Waals surface area contributed by atoms with Crippen LogP contribution < -0.4 is 0 Å². The van der Waals surface area contributed by atoms with Gasteiger partial charge in [0.15, 0.2) is 0 Å². The zero-order chi connectivity index (χ0) is 12.3. The van der Waals surface area contributed by atoms with Crippen LogP contribution in [0.25, 0.3) is 11.1 Å². The highest BCUT2D eigenvalue weighted by Gasteiger charge is 2.05. The molecule has 0 bridgehead atoms. The van der Waals surface area contributed by atoms with E-state index in [1.165, 1.54) is 16.7 Å². The molecular formula is C15H16OS. The quantitative estimate of drug-likeness (QED) is 0.786. The summed E-state index contributed by atoms with van der Waals surface area (Å²) in [5, 5.41) is 9.30. The molecule has 0 spiro atoms. The summed E-state index contributed by atoms with van der Waals surface area (Å²) in [6, 6.07) is 13.7. The van der Waals surface area contributed by atoms with Crippen molar-refractivity contribution < 1.29 is 5.11 Å². The van der Waals surface area contributed by atoms with Gasteiger partial charge in [0.25, 0.3) is 0 Å². The van der Waals surface area contributed by atoms with Crippen LogP contribution in [0.15, 0.2) is 42.5 Å². The van der Waals surface area contributed by atoms with E-state index in [0.717, 1.165) is 17.7 Å². The van der Waals surface area contributed by atoms with Crippen LogP contribution in [0, 0.1) is 6.92 Å². The number of benzene rings is 2. The van der Waals surface area contributed by atoms with Gasteiger partial charge in [-0.3, -0.25) is 0 Å². The molecule has 0 unspecified atom stereocenters. The van der Waals surface area contributed by atoms with Crippen molar-refractivity contribution in [2.45, 2.75) is 13.3 Å². The van der Waals surface area contributed by atoms with Crippen molar-refractivity contribution in [3.8, 4) is 16.9 Å². The molecule has 1 N–H and O–H groups in total. The fourth-order valence-electron chi connectivity index (χ4n) is 2.03. The van der Waals surface area contributed by atoms with Crippen molar-refractivity contribution in [1.29, 1.82) is 0 Å². The van der Waals surface area contributed by atoms with Crippen LogP contribution in [0.5, 0.6) is 5.75 Å². The van der Waals surface area contributed by atoms with Gasteiger partial charge < -0.3 is 5.11 Å². The van der Waals surface area contributed by atoms with Gasteiger partial charge in [0, 0.05) is 0 Å². The monoisotopic (exact) mass is 244 g/mol. The zero-order valence-electron chi connectivity index (χ0n) is 9.85. The maximum atomic E-state index is 9.30. The largest absolute Gasteiger partial charge is 0.508 e. The summed E-state index contributed by atoms with van der Waals surface area (Å²) >= 11 is 4.28. The van der Waals surface area contributed by atoms with Crippen LogP contribution in [0.1, 0.15) is 11.1 Å². The van der Waals surface area contributed by atoms with Crippen LogP contribution in [0.3, 0.4) is 0 Å². The van der Waals surface area contributed by atoms with E-state index in [-0.39, 0.29) is 0 Å². The fraction of sp³-hybridized carbons (Fsp3) is 0.200. The van der Waals surface area contributed by atoms with Gasteiger partial charge in [-0.2, -0.15) is 12.6 Å². The first kappa shape index (κ1) is 12.1. The SMILES string of the molecule is Cc1c(CCS)cccc1-c1ccc(O)cc1. The number of aryl methyl sites for hydroxylation is 1. The van der Waals surface area contributed by atoms with E-state index in [1.54, 1.807) is 12.1 Å². The second kappa shape index (κ2) is 5.28. The maximum Gasteiger partial charge on any atom is 0.115 e. The molecule has 2 aromatic carbocycles. The van der Waals surface area contributed by atoms with Gasteiger partial charge in [-0.05, 0) is 53.5 Å². The maximum absolute atomic E-state index is 9.30. The van der Waals surface area contributed by atoms with Gasteiger partial charge in [-0.15, -0.1) is 0 Å². The Morgan fingerprint density at radius 2 is 1.76 bits per heavy atom. The zero-order valence-corrected chi connectivity index (χ0v) is 10.7. The molecule has 0 saturated heterocycles. The Kier molecular flexibility index (Phi) is 3.75. The van der Waals surface area contributed by atoms with Gasteiger partial charge in [-0.25, -0.2) is 0 Å². The van der Waals surface area contributed by atoms with Gasteiger partial charge in [0.1, 0.15) is 5.75 Å². The summed E-state index contributed by atoms with van der Waals surface area (Å²) in [6.45, 7) is 2.14. The average molecular weight is 244 g/mol. The fourth-order valence-corrected chi connectivity index (χ4v) is 2.27. The van der Waals surface area contributed by atoms with Gasteiger partial charge in [0.05, 0.1) is 0 Å². The Morgan fingerprint density at radius 3 is 2.41 bits per heavy atom. The summed E-state index contributed by atoms with van der Waals surface area (Å²) < 4.78 is 0. The highest BCUT2D eigenvalue weighted by atomic mass is 32.1. The summed E-state index contributed by atoms with van der Waals surface area (Å²) in [4.78, 5) is 0. The molecule has 2 heteroatoms. The first-order valence-electron chi connectivity index (χ1n) is 5.71. The number of hydrogen-bond donors (Lipinski definition) is 2. The minimum Gasteiger partial charge on any atom is -0.508 e. The highest BCUT2D eigenvalue weighted by molar-refractivity contribution is 7.80. The van der Waals surface area contributed by atoms with E-state index in [2.05, 4.69) is 37.8 Å². The van der Waals surface area contributed by atoms with Crippen LogP contribution in [-0.4, -0.2) is 10.9 Å². The molecular weight excluding hydrogens is 228 g/mol. The predicted octanol–water partition coefficient (Wildman–Crippen LogP) is 3.84. The van der Waals surface area contributed by atoms with Crippen LogP contribution in [-0.2, 0) is 6.42 Å². The number of hydrogen-bond acceptors (Lipinski definition) is 2. The normalized spacial score (nSPS) is 10.5. The van der Waals surface area contributed by atoms with Crippen molar-refractivity contribution in [3.05, 3.63) is 53.6 Å². The molecule has 0 heterocycles. The van der Waals surface area contributed by atoms with Crippen molar-refractivity contribution in [2.24, 2.45) is 0 Å². The van der Waals surface area contributed by atoms with Crippen LogP contribution >= 0.6 is 12.6 Å². The van der Waals surface area contributed by atoms with E-state index in [9.17, 15) is 5.11 Å². The minimum atomic E-state index is 0.304. The smallest absolute Gasteiger partial charge is 0.115 e. The molecule has 88 valence electrons. The van der Waals surface area contributed by atoms with E-state index in [1.807, 2.05) is 12.1 Å². The van der Waals surface area contributed by atoms with Crippen LogP contribution in [0.4, 0.5) is 0 Å². The average Bonchev–Trinajstić information content (AvgIpc) is 2.34. The molecule has 0 saturated carbocycles.